The molecule has 0 amide bonds. The molecule has 0 radical (unpaired) electrons. The first-order chi connectivity index (χ1) is 18.0. The number of nitrogens with two attached hydrogens (primary N) is 1. The van der Waals surface area contributed by atoms with Crippen molar-refractivity contribution < 1.29 is 9.66 Å². The first kappa shape index (κ1) is 25.1. The summed E-state index contributed by atoms with van der Waals surface area (Å²) in [6.07, 6.45) is 7.87. The monoisotopic (exact) mass is 502 g/mol. The van der Waals surface area contributed by atoms with Crippen LogP contribution in [-0.2, 0) is 5.54 Å². The lowest BCUT2D eigenvalue weighted by atomic mass is 9.76. The summed E-state index contributed by atoms with van der Waals surface area (Å²) >= 11 is 0. The van der Waals surface area contributed by atoms with Crippen LogP contribution in [0, 0.1) is 10.1 Å². The van der Waals surface area contributed by atoms with Crippen LogP contribution >= 0.6 is 0 Å². The van der Waals surface area contributed by atoms with Gasteiger partial charge >= 0.3 is 0 Å². The van der Waals surface area contributed by atoms with E-state index in [1.54, 1.807) is 25.4 Å². The van der Waals surface area contributed by atoms with Crippen LogP contribution in [0.4, 0.5) is 11.4 Å². The number of hydrogen-bond donors (Lipinski definition) is 2. The summed E-state index contributed by atoms with van der Waals surface area (Å²) in [5.41, 5.74) is 9.46. The van der Waals surface area contributed by atoms with Gasteiger partial charge in [-0.15, -0.1) is 0 Å². The molecule has 9 heteroatoms. The Kier molecular flexibility index (Phi) is 7.34. The first-order valence-corrected chi connectivity index (χ1v) is 13.0. The minimum absolute atomic E-state index is 0.0641. The number of hydrogen-bond acceptors (Lipinski definition) is 8. The van der Waals surface area contributed by atoms with E-state index in [1.165, 1.54) is 0 Å². The van der Waals surface area contributed by atoms with Crippen LogP contribution < -0.4 is 20.7 Å². The van der Waals surface area contributed by atoms with Crippen molar-refractivity contribution in [3.63, 3.8) is 0 Å². The van der Waals surface area contributed by atoms with Crippen molar-refractivity contribution in [3.8, 4) is 17.0 Å². The Bertz CT molecular complexity index is 1220. The van der Waals surface area contributed by atoms with E-state index < -0.39 is 5.54 Å². The molecule has 194 valence electrons. The van der Waals surface area contributed by atoms with E-state index >= 15 is 0 Å². The lowest BCUT2D eigenvalue weighted by molar-refractivity contribution is -0.384. The molecule has 2 fully saturated rings. The molecule has 3 aromatic rings. The van der Waals surface area contributed by atoms with Gasteiger partial charge in [0, 0.05) is 54.8 Å². The number of methoxy groups -OCH3 is 1. The number of nitrogens with zero attached hydrogens (tertiary/aromatic N) is 4. The fourth-order valence-electron chi connectivity index (χ4n) is 5.62. The number of non-ortho nitro benzene ring substituents is 1. The molecule has 9 nitrogen and oxygen atoms in total. The molecule has 2 aliphatic rings. The minimum Gasteiger partial charge on any atom is -0.497 e. The van der Waals surface area contributed by atoms with Gasteiger partial charge in [0.1, 0.15) is 11.6 Å². The number of piperidine rings is 1. The molecule has 3 atom stereocenters. The molecule has 2 heterocycles. The Balaban J connectivity index is 1.33. The third-order valence-corrected chi connectivity index (χ3v) is 7.70. The lowest BCUT2D eigenvalue weighted by Gasteiger charge is -2.44. The van der Waals surface area contributed by atoms with Gasteiger partial charge in [-0.3, -0.25) is 10.1 Å². The van der Waals surface area contributed by atoms with E-state index in [9.17, 15) is 10.1 Å². The molecule has 2 unspecified atom stereocenters. The van der Waals surface area contributed by atoms with Crippen molar-refractivity contribution in [2.24, 2.45) is 5.73 Å². The number of benzene rings is 2. The van der Waals surface area contributed by atoms with E-state index in [2.05, 4.69) is 15.2 Å². The number of nitrogens with one attached hydrogen (secondary N) is 1. The number of nitro benzene ring substituents is 1. The molecule has 1 aliphatic heterocycles. The molecule has 37 heavy (non-hydrogen) atoms. The number of rotatable bonds is 7. The Morgan fingerprint density at radius 1 is 1.08 bits per heavy atom. The molecule has 1 saturated heterocycles. The highest BCUT2D eigenvalue weighted by Gasteiger charge is 2.42. The van der Waals surface area contributed by atoms with Crippen LogP contribution in [0.3, 0.4) is 0 Å². The summed E-state index contributed by atoms with van der Waals surface area (Å²) in [6.45, 7) is 1.76. The predicted molar refractivity (Wildman–Crippen MR) is 144 cm³/mol. The van der Waals surface area contributed by atoms with Gasteiger partial charge in [0.2, 0.25) is 0 Å². The zero-order chi connectivity index (χ0) is 25.8. The van der Waals surface area contributed by atoms with Crippen molar-refractivity contribution in [2.45, 2.75) is 56.1 Å². The fourth-order valence-corrected chi connectivity index (χ4v) is 5.62. The summed E-state index contributed by atoms with van der Waals surface area (Å²) in [5, 5.41) is 14.9. The van der Waals surface area contributed by atoms with Crippen molar-refractivity contribution >= 4 is 11.4 Å². The average molecular weight is 503 g/mol. The van der Waals surface area contributed by atoms with Crippen LogP contribution in [-0.4, -0.2) is 47.2 Å². The summed E-state index contributed by atoms with van der Waals surface area (Å²) in [5.74, 6) is 1.49. The second-order valence-electron chi connectivity index (χ2n) is 10.1. The summed E-state index contributed by atoms with van der Waals surface area (Å²) in [4.78, 5) is 22.6. The standard InChI is InChI=1S/C28H34N6O3/c1-37-24-13-7-20(8-14-24)25-15-17-30-27(32-25)28(29)16-3-2-6-26(28)31-21-5-4-18-33(19-21)22-9-11-23(12-10-22)34(35)36/h7-15,17,21,26,31H,2-6,16,18-19,29H2,1H3/t21-,26?,28?/m0/s1. The highest BCUT2D eigenvalue weighted by molar-refractivity contribution is 5.60. The van der Waals surface area contributed by atoms with Crippen molar-refractivity contribution in [1.29, 1.82) is 0 Å². The highest BCUT2D eigenvalue weighted by Crippen LogP contribution is 2.35. The maximum atomic E-state index is 11.0. The van der Waals surface area contributed by atoms with Crippen LogP contribution in [0.1, 0.15) is 44.3 Å². The van der Waals surface area contributed by atoms with Crippen LogP contribution in [0.25, 0.3) is 11.3 Å². The molecule has 2 aromatic carbocycles. The third-order valence-electron chi connectivity index (χ3n) is 7.70. The fraction of sp³-hybridized carbons (Fsp3) is 0.429. The van der Waals surface area contributed by atoms with Gasteiger partial charge in [-0.2, -0.15) is 0 Å². The van der Waals surface area contributed by atoms with Gasteiger partial charge in [0.15, 0.2) is 0 Å². The molecule has 0 bridgehead atoms. The summed E-state index contributed by atoms with van der Waals surface area (Å²) < 4.78 is 5.29. The maximum absolute atomic E-state index is 11.0. The lowest BCUT2D eigenvalue weighted by Crippen LogP contribution is -2.61. The normalized spacial score (nSPS) is 24.0. The topological polar surface area (TPSA) is 119 Å². The molecule has 3 N–H and O–H groups in total. The third kappa shape index (κ3) is 5.42. The minimum atomic E-state index is -0.656. The first-order valence-electron chi connectivity index (χ1n) is 13.0. The van der Waals surface area contributed by atoms with Gasteiger partial charge in [-0.05, 0) is 68.1 Å². The van der Waals surface area contributed by atoms with E-state index in [4.69, 9.17) is 15.5 Å². The van der Waals surface area contributed by atoms with Crippen LogP contribution in [0.15, 0.2) is 60.8 Å². The van der Waals surface area contributed by atoms with Gasteiger partial charge in [-0.25, -0.2) is 9.97 Å². The van der Waals surface area contributed by atoms with Gasteiger partial charge in [0.05, 0.1) is 23.3 Å². The molecule has 5 rings (SSSR count). The van der Waals surface area contributed by atoms with E-state index in [-0.39, 0.29) is 22.7 Å². The van der Waals surface area contributed by atoms with E-state index in [0.717, 1.165) is 74.3 Å². The Labute approximate surface area is 217 Å². The van der Waals surface area contributed by atoms with Crippen LogP contribution in [0.5, 0.6) is 5.75 Å². The SMILES string of the molecule is COc1ccc(-c2ccnc(C3(N)CCCCC3N[C@H]3CCCN(c4ccc([N+](=O)[O-])cc4)C3)n2)cc1. The Hall–Kier alpha value is -3.56. The van der Waals surface area contributed by atoms with E-state index in [0.29, 0.717) is 5.82 Å². The highest BCUT2D eigenvalue weighted by atomic mass is 16.6. The molecule has 1 aliphatic carbocycles. The zero-order valence-electron chi connectivity index (χ0n) is 21.2. The van der Waals surface area contributed by atoms with E-state index in [1.807, 2.05) is 42.5 Å². The smallest absolute Gasteiger partial charge is 0.269 e. The second kappa shape index (κ2) is 10.8. The number of nitro groups is 1. The van der Waals surface area contributed by atoms with Crippen molar-refractivity contribution in [1.82, 2.24) is 15.3 Å². The molecule has 0 spiro atoms. The maximum Gasteiger partial charge on any atom is 0.269 e. The van der Waals surface area contributed by atoms with Gasteiger partial charge < -0.3 is 20.7 Å². The molecular weight excluding hydrogens is 468 g/mol. The molecule has 1 saturated carbocycles. The van der Waals surface area contributed by atoms with Gasteiger partial charge in [0.25, 0.3) is 5.69 Å². The average Bonchev–Trinajstić information content (AvgIpc) is 2.95. The summed E-state index contributed by atoms with van der Waals surface area (Å²) in [6, 6.07) is 16.9. The zero-order valence-corrected chi connectivity index (χ0v) is 21.2. The Morgan fingerprint density at radius 2 is 1.86 bits per heavy atom. The second-order valence-corrected chi connectivity index (χ2v) is 10.1. The van der Waals surface area contributed by atoms with Crippen LogP contribution in [0.2, 0.25) is 0 Å². The Morgan fingerprint density at radius 3 is 2.59 bits per heavy atom. The molecular formula is C28H34N6O3. The van der Waals surface area contributed by atoms with Gasteiger partial charge in [-0.1, -0.05) is 12.8 Å². The van der Waals surface area contributed by atoms with Crippen molar-refractivity contribution in [3.05, 3.63) is 76.7 Å². The predicted octanol–water partition coefficient (Wildman–Crippen LogP) is 4.42. The number of aromatic nitrogens is 2. The quantitative estimate of drug-likeness (QED) is 0.360. The molecule has 1 aromatic heterocycles. The number of anilines is 1. The number of ether oxygens (including phenoxy) is 1. The van der Waals surface area contributed by atoms with Crippen molar-refractivity contribution in [2.75, 3.05) is 25.1 Å². The summed E-state index contributed by atoms with van der Waals surface area (Å²) in [7, 11) is 1.66. The largest absolute Gasteiger partial charge is 0.497 e.